The molecule has 33 heavy (non-hydrogen) atoms. The zero-order chi connectivity index (χ0) is 24.3. The maximum atomic E-state index is 14.2. The Balaban J connectivity index is 1.97. The quantitative estimate of drug-likeness (QED) is 0.288. The zero-order valence-electron chi connectivity index (χ0n) is 19.9. The number of hydrogen-bond donors (Lipinski definition) is 1. The number of carbonyl (C=O) groups excluding carboxylic acids is 2. The highest BCUT2D eigenvalue weighted by atomic mass is 19.1. The molecule has 184 valence electrons. The first-order valence-corrected chi connectivity index (χ1v) is 11.4. The molecule has 0 bridgehead atoms. The molecule has 1 aliphatic rings. The SMILES string of the molecule is CCOC(=O)/C(F)=C\c1ccc(OCCCCOC2CCCCO2)nc1NC(=O)C(C)(C)C. The normalized spacial score (nSPS) is 16.9. The summed E-state index contributed by atoms with van der Waals surface area (Å²) in [5, 5.41) is 2.69. The van der Waals surface area contributed by atoms with Crippen LogP contribution < -0.4 is 10.1 Å². The number of pyridine rings is 1. The van der Waals surface area contributed by atoms with E-state index in [2.05, 4.69) is 15.0 Å². The van der Waals surface area contributed by atoms with Crippen molar-refractivity contribution >= 4 is 23.8 Å². The predicted molar refractivity (Wildman–Crippen MR) is 122 cm³/mol. The second kappa shape index (κ2) is 13.3. The molecule has 1 aromatic rings. The van der Waals surface area contributed by atoms with E-state index in [-0.39, 0.29) is 36.1 Å². The Morgan fingerprint density at radius 1 is 1.24 bits per heavy atom. The van der Waals surface area contributed by atoms with Crippen molar-refractivity contribution in [3.8, 4) is 5.88 Å². The van der Waals surface area contributed by atoms with Gasteiger partial charge in [-0.05, 0) is 51.2 Å². The molecule has 8 nitrogen and oxygen atoms in total. The van der Waals surface area contributed by atoms with Crippen LogP contribution in [0.25, 0.3) is 6.08 Å². The number of anilines is 1. The van der Waals surface area contributed by atoms with Gasteiger partial charge in [0, 0.05) is 30.3 Å². The molecule has 1 aromatic heterocycles. The first kappa shape index (κ1) is 26.7. The lowest BCUT2D eigenvalue weighted by atomic mass is 9.95. The first-order valence-electron chi connectivity index (χ1n) is 11.4. The third-order valence-corrected chi connectivity index (χ3v) is 4.80. The molecule has 1 fully saturated rings. The van der Waals surface area contributed by atoms with Crippen molar-refractivity contribution in [3.05, 3.63) is 23.5 Å². The van der Waals surface area contributed by atoms with Gasteiger partial charge in [-0.3, -0.25) is 4.79 Å². The first-order chi connectivity index (χ1) is 15.7. The van der Waals surface area contributed by atoms with E-state index in [1.165, 1.54) is 6.07 Å². The number of halogens is 1. The maximum absolute atomic E-state index is 14.2. The van der Waals surface area contributed by atoms with Crippen molar-refractivity contribution < 1.29 is 32.9 Å². The minimum absolute atomic E-state index is 0.0530. The Labute approximate surface area is 194 Å². The summed E-state index contributed by atoms with van der Waals surface area (Å²) in [5.74, 6) is -2.08. The molecule has 0 saturated carbocycles. The van der Waals surface area contributed by atoms with Gasteiger partial charge in [0.2, 0.25) is 17.6 Å². The lowest BCUT2D eigenvalue weighted by Gasteiger charge is -2.22. The molecular weight excluding hydrogens is 431 g/mol. The maximum Gasteiger partial charge on any atom is 0.367 e. The molecule has 1 saturated heterocycles. The van der Waals surface area contributed by atoms with Crippen molar-refractivity contribution in [2.24, 2.45) is 5.41 Å². The fourth-order valence-electron chi connectivity index (χ4n) is 2.88. The van der Waals surface area contributed by atoms with Crippen molar-refractivity contribution in [2.45, 2.75) is 66.1 Å². The number of hydrogen-bond acceptors (Lipinski definition) is 7. The Morgan fingerprint density at radius 2 is 2.00 bits per heavy atom. The number of carbonyl (C=O) groups is 2. The van der Waals surface area contributed by atoms with Crippen LogP contribution in [-0.2, 0) is 23.8 Å². The van der Waals surface area contributed by atoms with Crippen molar-refractivity contribution in [1.29, 1.82) is 0 Å². The summed E-state index contributed by atoms with van der Waals surface area (Å²) < 4.78 is 35.8. The third-order valence-electron chi connectivity index (χ3n) is 4.80. The van der Waals surface area contributed by atoms with Crippen LogP contribution in [0.1, 0.15) is 65.4 Å². The molecule has 0 aliphatic carbocycles. The van der Waals surface area contributed by atoms with Crippen LogP contribution in [0.3, 0.4) is 0 Å². The number of esters is 1. The Hall–Kier alpha value is -2.52. The second-order valence-corrected chi connectivity index (χ2v) is 8.73. The summed E-state index contributed by atoms with van der Waals surface area (Å²) in [4.78, 5) is 28.4. The van der Waals surface area contributed by atoms with Gasteiger partial charge in [-0.2, -0.15) is 9.37 Å². The molecule has 1 N–H and O–H groups in total. The molecule has 2 rings (SSSR count). The van der Waals surface area contributed by atoms with E-state index in [1.807, 2.05) is 0 Å². The molecular formula is C24H35FN2O6. The smallest absolute Gasteiger partial charge is 0.367 e. The number of ether oxygens (including phenoxy) is 4. The molecule has 1 atom stereocenters. The topological polar surface area (TPSA) is 96.0 Å². The Morgan fingerprint density at radius 3 is 2.67 bits per heavy atom. The summed E-state index contributed by atoms with van der Waals surface area (Å²) in [6.45, 7) is 8.63. The summed E-state index contributed by atoms with van der Waals surface area (Å²) in [6.07, 6.45) is 5.58. The second-order valence-electron chi connectivity index (χ2n) is 8.73. The Kier molecular flexibility index (Phi) is 10.7. The van der Waals surface area contributed by atoms with Gasteiger partial charge in [0.15, 0.2) is 6.29 Å². The molecule has 1 aliphatic heterocycles. The summed E-state index contributed by atoms with van der Waals surface area (Å²) in [7, 11) is 0. The van der Waals surface area contributed by atoms with E-state index in [0.717, 1.165) is 44.8 Å². The largest absolute Gasteiger partial charge is 0.478 e. The minimum Gasteiger partial charge on any atom is -0.478 e. The van der Waals surface area contributed by atoms with E-state index in [9.17, 15) is 14.0 Å². The van der Waals surface area contributed by atoms with Crippen LogP contribution in [-0.4, -0.2) is 49.6 Å². The summed E-state index contributed by atoms with van der Waals surface area (Å²) >= 11 is 0. The molecule has 9 heteroatoms. The number of nitrogens with zero attached hydrogens (tertiary/aromatic N) is 1. The highest BCUT2D eigenvalue weighted by Gasteiger charge is 2.23. The van der Waals surface area contributed by atoms with E-state index >= 15 is 0 Å². The van der Waals surface area contributed by atoms with Crippen molar-refractivity contribution in [3.63, 3.8) is 0 Å². The predicted octanol–water partition coefficient (Wildman–Crippen LogP) is 4.64. The fourth-order valence-corrected chi connectivity index (χ4v) is 2.88. The number of nitrogens with one attached hydrogen (secondary N) is 1. The highest BCUT2D eigenvalue weighted by Crippen LogP contribution is 2.24. The standard InChI is InChI=1S/C24H35FN2O6/c1-5-30-22(28)18(25)16-17-11-12-19(26-21(17)27-23(29)24(2,3)4)31-13-8-9-15-33-20-10-6-7-14-32-20/h11-12,16,20H,5-10,13-15H2,1-4H3,(H,26,27,29)/b18-16+. The van der Waals surface area contributed by atoms with Crippen LogP contribution in [0.4, 0.5) is 10.2 Å². The van der Waals surface area contributed by atoms with Gasteiger partial charge in [-0.25, -0.2) is 4.79 Å². The van der Waals surface area contributed by atoms with Crippen molar-refractivity contribution in [1.82, 2.24) is 4.98 Å². The average Bonchev–Trinajstić information content (AvgIpc) is 2.77. The van der Waals surface area contributed by atoms with Crippen molar-refractivity contribution in [2.75, 3.05) is 31.7 Å². The molecule has 0 aromatic carbocycles. The third kappa shape index (κ3) is 9.47. The lowest BCUT2D eigenvalue weighted by Crippen LogP contribution is -2.28. The van der Waals surface area contributed by atoms with Crippen LogP contribution >= 0.6 is 0 Å². The number of rotatable bonds is 11. The van der Waals surface area contributed by atoms with Crippen LogP contribution in [0, 0.1) is 5.41 Å². The van der Waals surface area contributed by atoms with Crippen LogP contribution in [0.15, 0.2) is 18.0 Å². The Bertz CT molecular complexity index is 816. The minimum atomic E-state index is -1.08. The average molecular weight is 467 g/mol. The van der Waals surface area contributed by atoms with Gasteiger partial charge in [-0.1, -0.05) is 20.8 Å². The van der Waals surface area contributed by atoms with Crippen LogP contribution in [0.5, 0.6) is 5.88 Å². The van der Waals surface area contributed by atoms with E-state index in [4.69, 9.17) is 14.2 Å². The highest BCUT2D eigenvalue weighted by molar-refractivity contribution is 5.97. The van der Waals surface area contributed by atoms with E-state index in [0.29, 0.717) is 13.2 Å². The molecule has 1 amide bonds. The summed E-state index contributed by atoms with van der Waals surface area (Å²) in [6, 6.07) is 3.09. The number of aromatic nitrogens is 1. The van der Waals surface area contributed by atoms with Gasteiger partial charge in [0.25, 0.3) is 0 Å². The number of amides is 1. The van der Waals surface area contributed by atoms with E-state index < -0.39 is 17.2 Å². The van der Waals surface area contributed by atoms with Gasteiger partial charge in [-0.15, -0.1) is 0 Å². The fraction of sp³-hybridized carbons (Fsp3) is 0.625. The molecule has 0 radical (unpaired) electrons. The zero-order valence-corrected chi connectivity index (χ0v) is 19.9. The van der Waals surface area contributed by atoms with Gasteiger partial charge >= 0.3 is 5.97 Å². The van der Waals surface area contributed by atoms with Gasteiger partial charge in [0.1, 0.15) is 5.82 Å². The number of unbranched alkanes of at least 4 members (excludes halogenated alkanes) is 1. The molecule has 1 unspecified atom stereocenters. The summed E-state index contributed by atoms with van der Waals surface area (Å²) in [5.41, 5.74) is -0.465. The van der Waals surface area contributed by atoms with E-state index in [1.54, 1.807) is 33.8 Å². The van der Waals surface area contributed by atoms with Gasteiger partial charge < -0.3 is 24.3 Å². The monoisotopic (exact) mass is 466 g/mol. The molecule has 0 spiro atoms. The molecule has 2 heterocycles. The van der Waals surface area contributed by atoms with Gasteiger partial charge in [0.05, 0.1) is 13.2 Å². The lowest BCUT2D eigenvalue weighted by molar-refractivity contribution is -0.162. The van der Waals surface area contributed by atoms with Crippen LogP contribution in [0.2, 0.25) is 0 Å².